The summed E-state index contributed by atoms with van der Waals surface area (Å²) in [7, 11) is -3.31. The first-order valence-electron chi connectivity index (χ1n) is 6.31. The first-order valence-corrected chi connectivity index (χ1v) is 8.96. The first kappa shape index (κ1) is 16.3. The molecule has 0 amide bonds. The molecule has 6 heteroatoms. The lowest BCUT2D eigenvalue weighted by atomic mass is 10.2. The molecule has 0 saturated carbocycles. The van der Waals surface area contributed by atoms with Gasteiger partial charge in [0.25, 0.3) is 0 Å². The maximum atomic E-state index is 11.8. The highest BCUT2D eigenvalue weighted by Crippen LogP contribution is 2.24. The first-order chi connectivity index (χ1) is 9.89. The van der Waals surface area contributed by atoms with Gasteiger partial charge < -0.3 is 5.32 Å². The Bertz CT molecular complexity index is 745. The molecule has 2 aromatic carbocycles. The zero-order chi connectivity index (χ0) is 15.5. The predicted octanol–water partition coefficient (Wildman–Crippen LogP) is 3.69. The van der Waals surface area contributed by atoms with Gasteiger partial charge in [0.05, 0.1) is 4.90 Å². The molecule has 0 radical (unpaired) electrons. The minimum atomic E-state index is -3.31. The predicted molar refractivity (Wildman–Crippen MR) is 86.6 cm³/mol. The van der Waals surface area contributed by atoms with Gasteiger partial charge in [0, 0.05) is 35.0 Å². The smallest absolute Gasteiger partial charge is 0.175 e. The number of nitrogens with one attached hydrogen (secondary N) is 1. The Morgan fingerprint density at radius 1 is 0.952 bits per heavy atom. The molecule has 0 aliphatic heterocycles. The van der Waals surface area contributed by atoms with E-state index in [0.29, 0.717) is 28.7 Å². The fourth-order valence-electron chi connectivity index (χ4n) is 2.02. The molecular weight excluding hydrogens is 329 g/mol. The van der Waals surface area contributed by atoms with Crippen molar-refractivity contribution in [2.45, 2.75) is 18.0 Å². The van der Waals surface area contributed by atoms with E-state index in [1.54, 1.807) is 18.2 Å². The minimum Gasteiger partial charge on any atom is -0.308 e. The zero-order valence-electron chi connectivity index (χ0n) is 11.4. The Morgan fingerprint density at radius 2 is 1.62 bits per heavy atom. The molecule has 0 bridgehead atoms. The summed E-state index contributed by atoms with van der Waals surface area (Å²) in [5.74, 6) is 0. The van der Waals surface area contributed by atoms with Gasteiger partial charge >= 0.3 is 0 Å². The third-order valence-electron chi connectivity index (χ3n) is 3.05. The van der Waals surface area contributed by atoms with E-state index in [1.165, 1.54) is 6.26 Å². The summed E-state index contributed by atoms with van der Waals surface area (Å²) < 4.78 is 23.6. The van der Waals surface area contributed by atoms with Crippen molar-refractivity contribution < 1.29 is 8.42 Å². The van der Waals surface area contributed by atoms with Crippen LogP contribution in [-0.4, -0.2) is 14.7 Å². The number of sulfone groups is 1. The molecule has 21 heavy (non-hydrogen) atoms. The highest BCUT2D eigenvalue weighted by Gasteiger charge is 2.15. The van der Waals surface area contributed by atoms with Crippen molar-refractivity contribution in [2.75, 3.05) is 6.26 Å². The van der Waals surface area contributed by atoms with Gasteiger partial charge in [-0.2, -0.15) is 0 Å². The average molecular weight is 344 g/mol. The maximum Gasteiger partial charge on any atom is 0.175 e. The van der Waals surface area contributed by atoms with Gasteiger partial charge in [-0.1, -0.05) is 47.5 Å². The van der Waals surface area contributed by atoms with Crippen molar-refractivity contribution >= 4 is 33.0 Å². The van der Waals surface area contributed by atoms with E-state index < -0.39 is 9.84 Å². The highest BCUT2D eigenvalue weighted by atomic mass is 35.5. The fourth-order valence-corrected chi connectivity index (χ4v) is 3.48. The van der Waals surface area contributed by atoms with E-state index in [1.807, 2.05) is 24.3 Å². The van der Waals surface area contributed by atoms with Crippen molar-refractivity contribution in [3.8, 4) is 0 Å². The van der Waals surface area contributed by atoms with E-state index in [4.69, 9.17) is 23.2 Å². The van der Waals surface area contributed by atoms with Crippen LogP contribution in [-0.2, 0) is 22.9 Å². The van der Waals surface area contributed by atoms with Crippen LogP contribution in [0.3, 0.4) is 0 Å². The highest BCUT2D eigenvalue weighted by molar-refractivity contribution is 7.90. The molecule has 2 aromatic rings. The van der Waals surface area contributed by atoms with E-state index in [0.717, 1.165) is 5.56 Å². The van der Waals surface area contributed by atoms with Crippen molar-refractivity contribution in [3.63, 3.8) is 0 Å². The second-order valence-corrected chi connectivity index (χ2v) is 7.48. The molecule has 0 atom stereocenters. The monoisotopic (exact) mass is 343 g/mol. The second-order valence-electron chi connectivity index (χ2n) is 4.68. The Labute approximate surface area is 134 Å². The lowest BCUT2D eigenvalue weighted by Crippen LogP contribution is -2.16. The number of hydrogen-bond acceptors (Lipinski definition) is 3. The average Bonchev–Trinajstić information content (AvgIpc) is 2.41. The lowest BCUT2D eigenvalue weighted by Gasteiger charge is -2.12. The van der Waals surface area contributed by atoms with Crippen LogP contribution in [0, 0.1) is 0 Å². The molecule has 1 N–H and O–H groups in total. The van der Waals surface area contributed by atoms with E-state index >= 15 is 0 Å². The van der Waals surface area contributed by atoms with Crippen molar-refractivity contribution in [3.05, 3.63) is 63.6 Å². The van der Waals surface area contributed by atoms with Crippen LogP contribution in [0.25, 0.3) is 0 Å². The molecule has 0 aliphatic carbocycles. The second kappa shape index (κ2) is 6.79. The molecule has 0 saturated heterocycles. The fraction of sp³-hybridized carbons (Fsp3) is 0.200. The lowest BCUT2D eigenvalue weighted by molar-refractivity contribution is 0.598. The zero-order valence-corrected chi connectivity index (χ0v) is 13.8. The number of rotatable bonds is 5. The van der Waals surface area contributed by atoms with Crippen molar-refractivity contribution in [1.29, 1.82) is 0 Å². The van der Waals surface area contributed by atoms with E-state index in [-0.39, 0.29) is 4.90 Å². The van der Waals surface area contributed by atoms with Crippen LogP contribution >= 0.6 is 23.2 Å². The van der Waals surface area contributed by atoms with Gasteiger partial charge in [-0.25, -0.2) is 8.42 Å². The number of halogens is 2. The van der Waals surface area contributed by atoms with Crippen LogP contribution < -0.4 is 5.32 Å². The molecule has 112 valence electrons. The van der Waals surface area contributed by atoms with Gasteiger partial charge in [0.2, 0.25) is 0 Å². The molecule has 0 aromatic heterocycles. The van der Waals surface area contributed by atoms with Crippen LogP contribution in [0.5, 0.6) is 0 Å². The molecule has 0 fully saturated rings. The van der Waals surface area contributed by atoms with Gasteiger partial charge in [-0.05, 0) is 23.8 Å². The van der Waals surface area contributed by atoms with Gasteiger partial charge in [-0.3, -0.25) is 0 Å². The largest absolute Gasteiger partial charge is 0.308 e. The molecule has 2 rings (SSSR count). The summed E-state index contributed by atoms with van der Waals surface area (Å²) >= 11 is 12.2. The molecule has 0 unspecified atom stereocenters. The Balaban J connectivity index is 2.16. The molecule has 0 heterocycles. The Kier molecular flexibility index (Phi) is 5.27. The summed E-state index contributed by atoms with van der Waals surface area (Å²) in [6, 6.07) is 12.4. The molecule has 3 nitrogen and oxygen atoms in total. The summed E-state index contributed by atoms with van der Waals surface area (Å²) in [6.07, 6.45) is 1.18. The number of hydrogen-bond donors (Lipinski definition) is 1. The van der Waals surface area contributed by atoms with Crippen LogP contribution in [0.15, 0.2) is 47.4 Å². The minimum absolute atomic E-state index is 0.252. The van der Waals surface area contributed by atoms with Gasteiger partial charge in [0.1, 0.15) is 0 Å². The van der Waals surface area contributed by atoms with Gasteiger partial charge in [-0.15, -0.1) is 0 Å². The van der Waals surface area contributed by atoms with Crippen LogP contribution in [0.1, 0.15) is 11.1 Å². The van der Waals surface area contributed by atoms with Gasteiger partial charge in [0.15, 0.2) is 9.84 Å². The third kappa shape index (κ3) is 4.20. The van der Waals surface area contributed by atoms with Crippen molar-refractivity contribution in [2.24, 2.45) is 0 Å². The van der Waals surface area contributed by atoms with E-state index in [9.17, 15) is 8.42 Å². The summed E-state index contributed by atoms with van der Waals surface area (Å²) in [6.45, 7) is 0.890. The summed E-state index contributed by atoms with van der Waals surface area (Å²) in [4.78, 5) is 0.252. The summed E-state index contributed by atoms with van der Waals surface area (Å²) in [5.41, 5.74) is 1.53. The normalized spacial score (nSPS) is 11.6. The quantitative estimate of drug-likeness (QED) is 0.900. The standard InChI is InChI=1S/C15H15Cl2NO2S/c1-21(19,20)15-8-4-7-14(17)12(15)10-18-9-11-5-2-3-6-13(11)16/h2-8,18H,9-10H2,1H3. The Morgan fingerprint density at radius 3 is 2.29 bits per heavy atom. The number of benzene rings is 2. The molecule has 0 spiro atoms. The van der Waals surface area contributed by atoms with Crippen molar-refractivity contribution in [1.82, 2.24) is 5.32 Å². The Hall–Kier alpha value is -1.07. The van der Waals surface area contributed by atoms with E-state index in [2.05, 4.69) is 5.32 Å². The molecule has 0 aliphatic rings. The molecular formula is C15H15Cl2NO2S. The SMILES string of the molecule is CS(=O)(=O)c1cccc(Cl)c1CNCc1ccccc1Cl. The van der Waals surface area contributed by atoms with Crippen LogP contribution in [0.4, 0.5) is 0 Å². The summed E-state index contributed by atoms with van der Waals surface area (Å²) in [5, 5.41) is 4.29. The topological polar surface area (TPSA) is 46.2 Å². The third-order valence-corrected chi connectivity index (χ3v) is 4.95. The van der Waals surface area contributed by atoms with Crippen LogP contribution in [0.2, 0.25) is 10.0 Å². The maximum absolute atomic E-state index is 11.8.